The van der Waals surface area contributed by atoms with E-state index in [-0.39, 0.29) is 0 Å². The van der Waals surface area contributed by atoms with E-state index in [2.05, 4.69) is 6.07 Å². The SMILES string of the molecule is COc1ccc(-c2c(C#N)cc(OC)c(OC)c2OC)c(/C=C\C(=O)O)c1. The van der Waals surface area contributed by atoms with Gasteiger partial charge in [-0.15, -0.1) is 0 Å². The number of carboxylic acids is 1. The molecule has 27 heavy (non-hydrogen) atoms. The van der Waals surface area contributed by atoms with Crippen LogP contribution < -0.4 is 18.9 Å². The maximum Gasteiger partial charge on any atom is 0.328 e. The van der Waals surface area contributed by atoms with Crippen molar-refractivity contribution >= 4 is 12.0 Å². The molecule has 0 aliphatic carbocycles. The molecular formula is C20H19NO6. The number of benzene rings is 2. The first-order valence-corrected chi connectivity index (χ1v) is 7.83. The van der Waals surface area contributed by atoms with Crippen LogP contribution in [0.15, 0.2) is 30.3 Å². The molecule has 0 heterocycles. The van der Waals surface area contributed by atoms with Gasteiger partial charge in [-0.05, 0) is 35.4 Å². The Morgan fingerprint density at radius 3 is 2.26 bits per heavy atom. The zero-order valence-electron chi connectivity index (χ0n) is 15.4. The van der Waals surface area contributed by atoms with Crippen LogP contribution in [0.4, 0.5) is 0 Å². The molecule has 1 N–H and O–H groups in total. The van der Waals surface area contributed by atoms with Crippen LogP contribution in [0.1, 0.15) is 11.1 Å². The van der Waals surface area contributed by atoms with E-state index < -0.39 is 5.97 Å². The summed E-state index contributed by atoms with van der Waals surface area (Å²) in [7, 11) is 5.90. The summed E-state index contributed by atoms with van der Waals surface area (Å²) in [5.74, 6) is 0.442. The molecule has 2 aromatic rings. The van der Waals surface area contributed by atoms with E-state index in [1.165, 1.54) is 34.5 Å². The summed E-state index contributed by atoms with van der Waals surface area (Å²) in [6.45, 7) is 0. The van der Waals surface area contributed by atoms with Crippen LogP contribution in [0.25, 0.3) is 17.2 Å². The van der Waals surface area contributed by atoms with Crippen molar-refractivity contribution in [3.05, 3.63) is 41.5 Å². The Labute approximate surface area is 157 Å². The molecule has 2 rings (SSSR count). The van der Waals surface area contributed by atoms with Gasteiger partial charge in [-0.3, -0.25) is 0 Å². The average molecular weight is 369 g/mol. The van der Waals surface area contributed by atoms with Gasteiger partial charge in [-0.25, -0.2) is 4.79 Å². The fraction of sp³-hybridized carbons (Fsp3) is 0.200. The summed E-state index contributed by atoms with van der Waals surface area (Å²) in [5, 5.41) is 18.6. The van der Waals surface area contributed by atoms with E-state index in [4.69, 9.17) is 24.1 Å². The van der Waals surface area contributed by atoms with Crippen LogP contribution in [0.2, 0.25) is 0 Å². The van der Waals surface area contributed by atoms with Crippen molar-refractivity contribution in [3.63, 3.8) is 0 Å². The van der Waals surface area contributed by atoms with Crippen molar-refractivity contribution in [2.24, 2.45) is 0 Å². The molecule has 0 saturated heterocycles. The summed E-state index contributed by atoms with van der Waals surface area (Å²) < 4.78 is 21.4. The number of nitriles is 1. The lowest BCUT2D eigenvalue weighted by Crippen LogP contribution is -2.00. The number of hydrogen-bond donors (Lipinski definition) is 1. The normalized spacial score (nSPS) is 10.3. The standard InChI is InChI=1S/C20H19NO6/c1-24-14-6-7-15(12(9-14)5-8-17(22)23)18-13(11-21)10-16(25-2)19(26-3)20(18)27-4/h5-10H,1-4H3,(H,22,23)/b8-5-. The van der Waals surface area contributed by atoms with Gasteiger partial charge >= 0.3 is 5.97 Å². The third kappa shape index (κ3) is 3.96. The molecule has 7 nitrogen and oxygen atoms in total. The summed E-state index contributed by atoms with van der Waals surface area (Å²) in [6, 6.07) is 8.79. The highest BCUT2D eigenvalue weighted by molar-refractivity contribution is 5.91. The molecular weight excluding hydrogens is 350 g/mol. The summed E-state index contributed by atoms with van der Waals surface area (Å²) in [6.07, 6.45) is 2.44. The molecule has 0 spiro atoms. The lowest BCUT2D eigenvalue weighted by atomic mass is 9.93. The van der Waals surface area contributed by atoms with Gasteiger partial charge < -0.3 is 24.1 Å². The zero-order chi connectivity index (χ0) is 20.0. The highest BCUT2D eigenvalue weighted by atomic mass is 16.5. The van der Waals surface area contributed by atoms with Gasteiger partial charge in [0.25, 0.3) is 0 Å². The molecule has 0 amide bonds. The molecule has 0 atom stereocenters. The van der Waals surface area contributed by atoms with Crippen LogP contribution in [-0.4, -0.2) is 39.5 Å². The van der Waals surface area contributed by atoms with Crippen molar-refractivity contribution in [2.75, 3.05) is 28.4 Å². The van der Waals surface area contributed by atoms with E-state index >= 15 is 0 Å². The number of carboxylic acid groups (broad SMARTS) is 1. The fourth-order valence-electron chi connectivity index (χ4n) is 2.71. The number of methoxy groups -OCH3 is 4. The van der Waals surface area contributed by atoms with Crippen molar-refractivity contribution in [1.29, 1.82) is 5.26 Å². The molecule has 0 aromatic heterocycles. The quantitative estimate of drug-likeness (QED) is 0.747. The van der Waals surface area contributed by atoms with E-state index in [9.17, 15) is 10.1 Å². The van der Waals surface area contributed by atoms with Gasteiger partial charge in [-0.2, -0.15) is 5.26 Å². The largest absolute Gasteiger partial charge is 0.497 e. The molecule has 0 aliphatic heterocycles. The van der Waals surface area contributed by atoms with Gasteiger partial charge in [0.1, 0.15) is 11.8 Å². The number of rotatable bonds is 7. The lowest BCUT2D eigenvalue weighted by Gasteiger charge is -2.19. The van der Waals surface area contributed by atoms with Gasteiger partial charge in [0.15, 0.2) is 11.5 Å². The average Bonchev–Trinajstić information content (AvgIpc) is 2.70. The Hall–Kier alpha value is -3.66. The molecule has 140 valence electrons. The molecule has 0 unspecified atom stereocenters. The van der Waals surface area contributed by atoms with Crippen LogP contribution in [0, 0.1) is 11.3 Å². The molecule has 0 aliphatic rings. The Balaban J connectivity index is 2.88. The highest BCUT2D eigenvalue weighted by Crippen LogP contribution is 2.47. The second-order valence-electron chi connectivity index (χ2n) is 5.30. The fourth-order valence-corrected chi connectivity index (χ4v) is 2.71. The van der Waals surface area contributed by atoms with Crippen LogP contribution in [-0.2, 0) is 4.79 Å². The Kier molecular flexibility index (Phi) is 6.28. The van der Waals surface area contributed by atoms with E-state index in [0.29, 0.717) is 45.3 Å². The maximum atomic E-state index is 11.0. The lowest BCUT2D eigenvalue weighted by molar-refractivity contribution is -0.131. The Bertz CT molecular complexity index is 927. The second-order valence-corrected chi connectivity index (χ2v) is 5.30. The first-order chi connectivity index (χ1) is 13.0. The molecule has 0 bridgehead atoms. The second kappa shape index (κ2) is 8.63. The van der Waals surface area contributed by atoms with Gasteiger partial charge in [0.2, 0.25) is 5.75 Å². The molecule has 0 fully saturated rings. The predicted molar refractivity (Wildman–Crippen MR) is 99.5 cm³/mol. The molecule has 0 radical (unpaired) electrons. The molecule has 7 heteroatoms. The van der Waals surface area contributed by atoms with Crippen molar-refractivity contribution < 1.29 is 28.8 Å². The van der Waals surface area contributed by atoms with Crippen molar-refractivity contribution in [2.45, 2.75) is 0 Å². The Morgan fingerprint density at radius 1 is 1.04 bits per heavy atom. The number of aliphatic carboxylic acids is 1. The van der Waals surface area contributed by atoms with E-state index in [1.807, 2.05) is 0 Å². The minimum atomic E-state index is -1.09. The summed E-state index contributed by atoms with van der Waals surface area (Å²) in [5.41, 5.74) is 1.88. The topological polar surface area (TPSA) is 98.0 Å². The van der Waals surface area contributed by atoms with Gasteiger partial charge in [-0.1, -0.05) is 0 Å². The maximum absolute atomic E-state index is 11.0. The zero-order valence-corrected chi connectivity index (χ0v) is 15.4. The minimum absolute atomic E-state index is 0.291. The summed E-state index contributed by atoms with van der Waals surface area (Å²) in [4.78, 5) is 11.0. The van der Waals surface area contributed by atoms with E-state index in [0.717, 1.165) is 6.08 Å². The number of carbonyl (C=O) groups is 1. The smallest absolute Gasteiger partial charge is 0.328 e. The monoisotopic (exact) mass is 369 g/mol. The van der Waals surface area contributed by atoms with Crippen LogP contribution >= 0.6 is 0 Å². The number of hydrogen-bond acceptors (Lipinski definition) is 6. The highest BCUT2D eigenvalue weighted by Gasteiger charge is 2.23. The van der Waals surface area contributed by atoms with Gasteiger partial charge in [0, 0.05) is 17.7 Å². The van der Waals surface area contributed by atoms with Crippen molar-refractivity contribution in [3.8, 4) is 40.2 Å². The third-order valence-electron chi connectivity index (χ3n) is 3.88. The number of ether oxygens (including phenoxy) is 4. The predicted octanol–water partition coefficient (Wildman–Crippen LogP) is 3.36. The first-order valence-electron chi connectivity index (χ1n) is 7.83. The van der Waals surface area contributed by atoms with Crippen molar-refractivity contribution in [1.82, 2.24) is 0 Å². The number of nitrogens with zero attached hydrogens (tertiary/aromatic N) is 1. The minimum Gasteiger partial charge on any atom is -0.497 e. The summed E-state index contributed by atoms with van der Waals surface area (Å²) >= 11 is 0. The van der Waals surface area contributed by atoms with Crippen LogP contribution in [0.3, 0.4) is 0 Å². The first kappa shape index (κ1) is 19.7. The molecule has 0 saturated carbocycles. The third-order valence-corrected chi connectivity index (χ3v) is 3.88. The van der Waals surface area contributed by atoms with E-state index in [1.54, 1.807) is 24.3 Å². The molecule has 2 aromatic carbocycles. The Morgan fingerprint density at radius 2 is 1.74 bits per heavy atom. The van der Waals surface area contributed by atoms with Crippen LogP contribution in [0.5, 0.6) is 23.0 Å². The van der Waals surface area contributed by atoms with Gasteiger partial charge in [0.05, 0.1) is 34.0 Å².